The molecule has 0 saturated carbocycles. The number of rotatable bonds is 4. The van der Waals surface area contributed by atoms with Gasteiger partial charge in [0.1, 0.15) is 0 Å². The minimum absolute atomic E-state index is 1.17. The van der Waals surface area contributed by atoms with Crippen LogP contribution in [-0.2, 0) is 0 Å². The van der Waals surface area contributed by atoms with Crippen molar-refractivity contribution in [3.05, 3.63) is 0 Å². The maximum absolute atomic E-state index is 3.80. The van der Waals surface area contributed by atoms with Crippen LogP contribution in [0.3, 0.4) is 0 Å². The summed E-state index contributed by atoms with van der Waals surface area (Å²) in [6, 6.07) is 0. The normalized spacial score (nSPS) is 12.0. The van der Waals surface area contributed by atoms with Crippen molar-refractivity contribution >= 4 is 44.8 Å². The van der Waals surface area contributed by atoms with E-state index in [1.807, 2.05) is 0 Å². The summed E-state index contributed by atoms with van der Waals surface area (Å²) in [5.74, 6) is 0. The molecule has 0 rings (SSSR count). The average molecular weight is 365 g/mol. The average Bonchev–Trinajstić information content (AvgIpc) is 1.63. The molecule has 3 heteroatoms. The fraction of sp³-hybridized carbons (Fsp3) is 1.00. The molecule has 56 valence electrons. The van der Waals surface area contributed by atoms with E-state index < -0.39 is 16.2 Å². The van der Waals surface area contributed by atoms with Crippen molar-refractivity contribution in [1.29, 1.82) is 0 Å². The Morgan fingerprint density at radius 3 is 2.11 bits per heavy atom. The van der Waals surface area contributed by atoms with Gasteiger partial charge >= 0.3 is 77.3 Å². The van der Waals surface area contributed by atoms with E-state index in [9.17, 15) is 0 Å². The van der Waals surface area contributed by atoms with Crippen LogP contribution in [0.15, 0.2) is 0 Å². The van der Waals surface area contributed by atoms with Crippen LogP contribution in [0.2, 0.25) is 14.3 Å². The van der Waals surface area contributed by atoms with Gasteiger partial charge in [-0.25, -0.2) is 0 Å². The van der Waals surface area contributed by atoms with Crippen LogP contribution in [0.5, 0.6) is 0 Å². The molecule has 0 aromatic rings. The van der Waals surface area contributed by atoms with Gasteiger partial charge in [0.15, 0.2) is 0 Å². The Labute approximate surface area is 76.5 Å². The third-order valence-electron chi connectivity index (χ3n) is 1.15. The van der Waals surface area contributed by atoms with Crippen LogP contribution in [0.4, 0.5) is 0 Å². The Kier molecular flexibility index (Phi) is 6.47. The van der Waals surface area contributed by atoms with Crippen molar-refractivity contribution in [2.75, 3.05) is 5.33 Å². The second kappa shape index (κ2) is 5.41. The summed E-state index contributed by atoms with van der Waals surface area (Å²) >= 11 is 5.69. The van der Waals surface area contributed by atoms with Gasteiger partial charge in [0.25, 0.3) is 0 Å². The van der Waals surface area contributed by atoms with Crippen molar-refractivity contribution in [3.63, 3.8) is 0 Å². The van der Waals surface area contributed by atoms with Crippen LogP contribution in [0.25, 0.3) is 0 Å². The molecule has 0 unspecified atom stereocenters. The minimum atomic E-state index is -1.54. The van der Waals surface area contributed by atoms with E-state index >= 15 is 0 Å². The van der Waals surface area contributed by atoms with Gasteiger partial charge in [-0.1, -0.05) is 0 Å². The van der Waals surface area contributed by atoms with E-state index in [-0.39, 0.29) is 0 Å². The number of unbranched alkanes of at least 4 members (excludes halogenated alkanes) is 1. The predicted octanol–water partition coefficient (Wildman–Crippen LogP) is 3.76. The van der Waals surface area contributed by atoms with Crippen molar-refractivity contribution in [2.24, 2.45) is 0 Å². The molecule has 0 spiro atoms. The van der Waals surface area contributed by atoms with Gasteiger partial charge in [0, 0.05) is 0 Å². The molecule has 0 aliphatic rings. The van der Waals surface area contributed by atoms with Gasteiger partial charge < -0.3 is 0 Å². The molecule has 0 aromatic heterocycles. The molecular weight excluding hydrogens is 351 g/mol. The van der Waals surface area contributed by atoms with Gasteiger partial charge in [-0.3, -0.25) is 0 Å². The van der Waals surface area contributed by atoms with Crippen LogP contribution < -0.4 is 0 Å². The SMILES string of the molecule is [CH3][Sn]([CH3])([Br])[CH2]CCCBr. The zero-order valence-electron chi connectivity index (χ0n) is 6.08. The van der Waals surface area contributed by atoms with E-state index in [2.05, 4.69) is 38.5 Å². The molecule has 0 bridgehead atoms. The van der Waals surface area contributed by atoms with Gasteiger partial charge in [-0.2, -0.15) is 0 Å². The van der Waals surface area contributed by atoms with E-state index in [0.717, 1.165) is 0 Å². The van der Waals surface area contributed by atoms with Crippen molar-refractivity contribution in [2.45, 2.75) is 27.2 Å². The summed E-state index contributed by atoms with van der Waals surface area (Å²) in [4.78, 5) is 4.84. The first kappa shape index (κ1) is 10.8. The number of hydrogen-bond acceptors (Lipinski definition) is 0. The summed E-state index contributed by atoms with van der Waals surface area (Å²) in [5, 5.41) is 1.17. The molecule has 0 atom stereocenters. The Morgan fingerprint density at radius 1 is 1.22 bits per heavy atom. The zero-order chi connectivity index (χ0) is 7.33. The summed E-state index contributed by atoms with van der Waals surface area (Å²) in [6.07, 6.45) is 2.74. The summed E-state index contributed by atoms with van der Waals surface area (Å²) in [5.41, 5.74) is 0. The molecule has 0 saturated heterocycles. The number of hydrogen-bond donors (Lipinski definition) is 0. The first-order valence-corrected chi connectivity index (χ1v) is 18.6. The van der Waals surface area contributed by atoms with Crippen LogP contribution in [0.1, 0.15) is 12.8 Å². The molecule has 0 fully saturated rings. The quantitative estimate of drug-likeness (QED) is 0.405. The second-order valence-corrected chi connectivity index (χ2v) is 29.3. The van der Waals surface area contributed by atoms with E-state index in [4.69, 9.17) is 0 Å². The monoisotopic (exact) mass is 364 g/mol. The molecule has 0 nitrogen and oxygen atoms in total. The predicted molar refractivity (Wildman–Crippen MR) is 54.2 cm³/mol. The van der Waals surface area contributed by atoms with Crippen LogP contribution >= 0.6 is 28.6 Å². The van der Waals surface area contributed by atoms with Crippen molar-refractivity contribution in [3.8, 4) is 0 Å². The van der Waals surface area contributed by atoms with E-state index in [1.54, 1.807) is 0 Å². The molecule has 0 amide bonds. The zero-order valence-corrected chi connectivity index (χ0v) is 12.1. The molecule has 9 heavy (non-hydrogen) atoms. The maximum atomic E-state index is 3.80. The Morgan fingerprint density at radius 2 is 1.78 bits per heavy atom. The fourth-order valence-electron chi connectivity index (χ4n) is 0.640. The fourth-order valence-corrected chi connectivity index (χ4v) is 6.03. The number of halogens is 2. The molecule has 0 aliphatic heterocycles. The molecule has 0 aliphatic carbocycles. The first-order chi connectivity index (χ1) is 4.06. The summed E-state index contributed by atoms with van der Waals surface area (Å²) in [7, 11) is 0. The molecule has 0 aromatic carbocycles. The summed E-state index contributed by atoms with van der Waals surface area (Å²) in [6.45, 7) is 0. The second-order valence-electron chi connectivity index (χ2n) is 2.86. The third kappa shape index (κ3) is 9.76. The molecule has 0 heterocycles. The van der Waals surface area contributed by atoms with Gasteiger partial charge in [0.2, 0.25) is 0 Å². The molecular formula is C6H14Br2Sn. The summed E-state index contributed by atoms with van der Waals surface area (Å²) < 4.78 is 1.47. The van der Waals surface area contributed by atoms with E-state index in [1.165, 1.54) is 22.6 Å². The van der Waals surface area contributed by atoms with Crippen LogP contribution in [-0.4, -0.2) is 21.5 Å². The topological polar surface area (TPSA) is 0 Å². The van der Waals surface area contributed by atoms with Crippen molar-refractivity contribution < 1.29 is 0 Å². The standard InChI is InChI=1S/C4H8Br.2CH3.BrH.Sn/c1-2-3-4-5;;;;/h1-4H2;2*1H3;1H;/q;;;;+1/p-1. The van der Waals surface area contributed by atoms with Crippen LogP contribution in [0, 0.1) is 0 Å². The van der Waals surface area contributed by atoms with Gasteiger partial charge in [-0.15, -0.1) is 0 Å². The van der Waals surface area contributed by atoms with Crippen molar-refractivity contribution in [1.82, 2.24) is 0 Å². The first-order valence-electron chi connectivity index (χ1n) is 3.31. The Bertz CT molecular complexity index is 67.9. The van der Waals surface area contributed by atoms with Gasteiger partial charge in [0.05, 0.1) is 0 Å². The third-order valence-corrected chi connectivity index (χ3v) is 8.78. The van der Waals surface area contributed by atoms with E-state index in [0.29, 0.717) is 0 Å². The Hall–Kier alpha value is 1.76. The molecule has 0 radical (unpaired) electrons. The number of alkyl halides is 1. The van der Waals surface area contributed by atoms with Gasteiger partial charge in [-0.05, 0) is 0 Å². The Balaban J connectivity index is 3.07. The molecule has 0 N–H and O–H groups in total.